The summed E-state index contributed by atoms with van der Waals surface area (Å²) in [6.07, 6.45) is 7.18. The van der Waals surface area contributed by atoms with Gasteiger partial charge >= 0.3 is 0 Å². The molecule has 1 N–H and O–H groups in total. The lowest BCUT2D eigenvalue weighted by atomic mass is 9.79. The highest BCUT2D eigenvalue weighted by Gasteiger charge is 2.58. The quantitative estimate of drug-likeness (QED) is 0.486. The third-order valence-electron chi connectivity index (χ3n) is 9.24. The van der Waals surface area contributed by atoms with E-state index in [9.17, 15) is 18.1 Å². The zero-order valence-electron chi connectivity index (χ0n) is 22.0. The van der Waals surface area contributed by atoms with Crippen LogP contribution in [0.5, 0.6) is 0 Å². The Morgan fingerprint density at radius 2 is 2.03 bits per heavy atom. The van der Waals surface area contributed by atoms with Crippen LogP contribution >= 0.6 is 0 Å². The van der Waals surface area contributed by atoms with Gasteiger partial charge in [-0.05, 0) is 92.0 Å². The summed E-state index contributed by atoms with van der Waals surface area (Å²) in [6.45, 7) is 3.66. The number of hydrogen-bond donors (Lipinski definition) is 1. The Bertz CT molecular complexity index is 1480. The fourth-order valence-electron chi connectivity index (χ4n) is 6.92. The number of benzene rings is 2. The molecule has 9 heteroatoms. The number of H-pyrrole nitrogens is 1. The molecular formula is C29H34FN5O2S. The van der Waals surface area contributed by atoms with Crippen molar-refractivity contribution in [3.63, 3.8) is 0 Å². The summed E-state index contributed by atoms with van der Waals surface area (Å²) in [7, 11) is -3.17. The second-order valence-corrected chi connectivity index (χ2v) is 13.6. The molecule has 0 bridgehead atoms. The molecule has 1 aliphatic heterocycles. The SMILES string of the molecule is Cc1cc2[nH]c(N(CC3CCN(S(C)(=O)=O)CC3)[C@@H]3CC[C@]4(c5cccc(C#N)c5)CC4C3)nc2cc1F. The van der Waals surface area contributed by atoms with Gasteiger partial charge in [-0.3, -0.25) is 0 Å². The van der Waals surface area contributed by atoms with Crippen LogP contribution in [-0.4, -0.2) is 54.6 Å². The monoisotopic (exact) mass is 535 g/mol. The summed E-state index contributed by atoms with van der Waals surface area (Å²) in [5.74, 6) is 1.45. The molecule has 2 aromatic carbocycles. The summed E-state index contributed by atoms with van der Waals surface area (Å²) in [5.41, 5.74) is 4.23. The highest BCUT2D eigenvalue weighted by atomic mass is 32.2. The van der Waals surface area contributed by atoms with Crippen LogP contribution in [0, 0.1) is 35.9 Å². The largest absolute Gasteiger partial charge is 0.339 e. The highest BCUT2D eigenvalue weighted by Crippen LogP contribution is 2.63. The maximum atomic E-state index is 14.3. The molecule has 6 rings (SSSR count). The van der Waals surface area contributed by atoms with E-state index >= 15 is 0 Å². The lowest BCUT2D eigenvalue weighted by molar-refractivity contribution is 0.264. The highest BCUT2D eigenvalue weighted by molar-refractivity contribution is 7.88. The van der Waals surface area contributed by atoms with E-state index in [0.29, 0.717) is 42.0 Å². The van der Waals surface area contributed by atoms with Crippen LogP contribution in [0.2, 0.25) is 0 Å². The summed E-state index contributed by atoms with van der Waals surface area (Å²) in [4.78, 5) is 10.7. The number of hydrogen-bond acceptors (Lipinski definition) is 5. The Kier molecular flexibility index (Phi) is 6.23. The van der Waals surface area contributed by atoms with Gasteiger partial charge in [0.1, 0.15) is 5.82 Å². The van der Waals surface area contributed by atoms with E-state index in [4.69, 9.17) is 4.98 Å². The van der Waals surface area contributed by atoms with Crippen molar-refractivity contribution in [3.8, 4) is 6.07 Å². The predicted molar refractivity (Wildman–Crippen MR) is 146 cm³/mol. The van der Waals surface area contributed by atoms with Crippen LogP contribution in [0.1, 0.15) is 55.2 Å². The molecular weight excluding hydrogens is 501 g/mol. The maximum Gasteiger partial charge on any atom is 0.211 e. The van der Waals surface area contributed by atoms with Crippen molar-refractivity contribution in [2.45, 2.75) is 56.9 Å². The van der Waals surface area contributed by atoms with E-state index in [0.717, 1.165) is 62.1 Å². The van der Waals surface area contributed by atoms with Gasteiger partial charge in [0.15, 0.2) is 0 Å². The van der Waals surface area contributed by atoms with Gasteiger partial charge in [-0.25, -0.2) is 22.1 Å². The lowest BCUT2D eigenvalue weighted by Gasteiger charge is -2.40. The Balaban J connectivity index is 1.25. The van der Waals surface area contributed by atoms with Crippen molar-refractivity contribution in [3.05, 3.63) is 58.9 Å². The van der Waals surface area contributed by atoms with E-state index in [1.165, 1.54) is 17.9 Å². The van der Waals surface area contributed by atoms with Crippen LogP contribution in [0.25, 0.3) is 11.0 Å². The molecule has 7 nitrogen and oxygen atoms in total. The third kappa shape index (κ3) is 4.58. The van der Waals surface area contributed by atoms with E-state index in [1.807, 2.05) is 18.2 Å². The molecule has 3 aromatic rings. The first kappa shape index (κ1) is 25.3. The molecule has 0 spiro atoms. The molecule has 2 saturated carbocycles. The van der Waals surface area contributed by atoms with Crippen LogP contribution in [0.15, 0.2) is 36.4 Å². The first-order chi connectivity index (χ1) is 18.2. The number of aromatic amines is 1. The summed E-state index contributed by atoms with van der Waals surface area (Å²) >= 11 is 0. The van der Waals surface area contributed by atoms with Crippen molar-refractivity contribution in [1.29, 1.82) is 5.26 Å². The average molecular weight is 536 g/mol. The first-order valence-corrected chi connectivity index (χ1v) is 15.4. The van der Waals surface area contributed by atoms with Crippen LogP contribution in [-0.2, 0) is 15.4 Å². The standard InChI is InChI=1S/C29H34FN5O2S/c1-19-12-26-27(15-25(19)30)33-28(32-26)35(18-20-7-10-34(11-8-20)38(2,36)37)24-6-9-29(16-23(29)14-24)22-5-3-4-21(13-22)17-31/h3-5,12-13,15,20,23-24H,6-11,14,16,18H2,1-2H3,(H,32,33)/t23?,24-,29-/m1/s1. The zero-order valence-corrected chi connectivity index (χ0v) is 22.8. The first-order valence-electron chi connectivity index (χ1n) is 13.5. The number of nitrogens with one attached hydrogen (secondary N) is 1. The number of imidazole rings is 1. The molecule has 38 heavy (non-hydrogen) atoms. The number of sulfonamides is 1. The number of aryl methyl sites for hydroxylation is 1. The molecule has 1 aromatic heterocycles. The van der Waals surface area contributed by atoms with E-state index in [-0.39, 0.29) is 11.2 Å². The minimum absolute atomic E-state index is 0.171. The van der Waals surface area contributed by atoms with Gasteiger partial charge < -0.3 is 9.88 Å². The maximum absolute atomic E-state index is 14.3. The van der Waals surface area contributed by atoms with Gasteiger partial charge in [-0.15, -0.1) is 0 Å². The smallest absolute Gasteiger partial charge is 0.211 e. The zero-order chi connectivity index (χ0) is 26.7. The van der Waals surface area contributed by atoms with Crippen LogP contribution in [0.3, 0.4) is 0 Å². The van der Waals surface area contributed by atoms with E-state index in [2.05, 4.69) is 28.1 Å². The molecule has 200 valence electrons. The summed E-state index contributed by atoms with van der Waals surface area (Å²) in [6, 6.07) is 14.0. The molecule has 1 unspecified atom stereocenters. The second-order valence-electron chi connectivity index (χ2n) is 11.6. The third-order valence-corrected chi connectivity index (χ3v) is 10.5. The van der Waals surface area contributed by atoms with Crippen molar-refractivity contribution in [1.82, 2.24) is 14.3 Å². The van der Waals surface area contributed by atoms with Crippen molar-refractivity contribution < 1.29 is 12.8 Å². The Labute approximate surface area is 223 Å². The summed E-state index contributed by atoms with van der Waals surface area (Å²) < 4.78 is 39.9. The number of piperidine rings is 1. The fraction of sp³-hybridized carbons (Fsp3) is 0.517. The Hall–Kier alpha value is -2.96. The van der Waals surface area contributed by atoms with Gasteiger partial charge in [0.2, 0.25) is 16.0 Å². The van der Waals surface area contributed by atoms with Gasteiger partial charge in [0.25, 0.3) is 0 Å². The topological polar surface area (TPSA) is 93.1 Å². The number of halogens is 1. The number of anilines is 1. The molecule has 2 aliphatic carbocycles. The van der Waals surface area contributed by atoms with Gasteiger partial charge in [0, 0.05) is 31.7 Å². The molecule has 3 fully saturated rings. The number of fused-ring (bicyclic) bond motifs is 2. The summed E-state index contributed by atoms with van der Waals surface area (Å²) in [5, 5.41) is 9.38. The van der Waals surface area contributed by atoms with E-state index < -0.39 is 10.0 Å². The van der Waals surface area contributed by atoms with Gasteiger partial charge in [-0.1, -0.05) is 12.1 Å². The molecule has 3 atom stereocenters. The normalized spacial score (nSPS) is 26.2. The van der Waals surface area contributed by atoms with Crippen molar-refractivity contribution in [2.75, 3.05) is 30.8 Å². The minimum Gasteiger partial charge on any atom is -0.339 e. The van der Waals surface area contributed by atoms with Gasteiger partial charge in [0.05, 0.1) is 28.9 Å². The average Bonchev–Trinajstić information content (AvgIpc) is 3.52. The minimum atomic E-state index is -3.17. The van der Waals surface area contributed by atoms with E-state index in [1.54, 1.807) is 11.2 Å². The number of rotatable bonds is 6. The number of nitrogens with zero attached hydrogens (tertiary/aromatic N) is 4. The second kappa shape index (κ2) is 9.35. The van der Waals surface area contributed by atoms with Crippen molar-refractivity contribution >= 4 is 27.0 Å². The van der Waals surface area contributed by atoms with Crippen molar-refractivity contribution in [2.24, 2.45) is 11.8 Å². The van der Waals surface area contributed by atoms with Crippen LogP contribution in [0.4, 0.5) is 10.3 Å². The molecule has 0 amide bonds. The lowest BCUT2D eigenvalue weighted by Crippen LogP contribution is -2.46. The molecule has 1 saturated heterocycles. The van der Waals surface area contributed by atoms with Gasteiger partial charge in [-0.2, -0.15) is 5.26 Å². The number of aromatic nitrogens is 2. The predicted octanol–water partition coefficient (Wildman–Crippen LogP) is 4.87. The Morgan fingerprint density at radius 1 is 1.24 bits per heavy atom. The molecule has 3 aliphatic rings. The number of nitriles is 1. The molecule has 0 radical (unpaired) electrons. The van der Waals surface area contributed by atoms with Crippen LogP contribution < -0.4 is 4.90 Å². The fourth-order valence-corrected chi connectivity index (χ4v) is 7.79. The Morgan fingerprint density at radius 3 is 2.74 bits per heavy atom. The molecule has 2 heterocycles.